The lowest BCUT2D eigenvalue weighted by atomic mass is 9.96. The van der Waals surface area contributed by atoms with Crippen LogP contribution in [0.2, 0.25) is 0 Å². The summed E-state index contributed by atoms with van der Waals surface area (Å²) in [5.41, 5.74) is 1.13. The van der Waals surface area contributed by atoms with Crippen molar-refractivity contribution in [2.24, 2.45) is 10.9 Å². The van der Waals surface area contributed by atoms with Gasteiger partial charge >= 0.3 is 0 Å². The van der Waals surface area contributed by atoms with Crippen molar-refractivity contribution in [3.63, 3.8) is 0 Å². The fourth-order valence-corrected chi connectivity index (χ4v) is 3.75. The van der Waals surface area contributed by atoms with E-state index in [0.29, 0.717) is 13.2 Å². The Balaban J connectivity index is 1.92. The van der Waals surface area contributed by atoms with E-state index in [1.54, 1.807) is 0 Å². The molecule has 1 saturated heterocycles. The summed E-state index contributed by atoms with van der Waals surface area (Å²) in [5.74, 6) is 2.67. The molecule has 0 atom stereocenters. The lowest BCUT2D eigenvalue weighted by Crippen LogP contribution is -2.40. The van der Waals surface area contributed by atoms with E-state index < -0.39 is 0 Å². The minimum Gasteiger partial charge on any atom is -0.492 e. The number of likely N-dealkylation sites (N-methyl/N-ethyl adjacent to an activating group) is 1. The Hall–Kier alpha value is -1.79. The zero-order chi connectivity index (χ0) is 21.6. The molecule has 0 amide bonds. The van der Waals surface area contributed by atoms with Crippen LogP contribution >= 0.6 is 0 Å². The van der Waals surface area contributed by atoms with E-state index >= 15 is 0 Å². The number of aliphatic imine (C=N–C) groups is 1. The molecule has 1 aromatic carbocycles. The van der Waals surface area contributed by atoms with Gasteiger partial charge in [-0.25, -0.2) is 4.99 Å². The molecule has 30 heavy (non-hydrogen) atoms. The van der Waals surface area contributed by atoms with Gasteiger partial charge in [0.05, 0.1) is 6.54 Å². The average Bonchev–Trinajstić information content (AvgIpc) is 2.79. The van der Waals surface area contributed by atoms with E-state index in [1.165, 1.54) is 19.3 Å². The van der Waals surface area contributed by atoms with Crippen molar-refractivity contribution in [1.82, 2.24) is 15.1 Å². The first-order chi connectivity index (χ1) is 14.7. The van der Waals surface area contributed by atoms with Crippen molar-refractivity contribution in [3.05, 3.63) is 29.8 Å². The molecule has 0 radical (unpaired) electrons. The number of nitrogens with zero attached hydrogens (tertiary/aromatic N) is 3. The van der Waals surface area contributed by atoms with Crippen LogP contribution < -0.4 is 10.1 Å². The first kappa shape index (κ1) is 24.5. The van der Waals surface area contributed by atoms with E-state index in [2.05, 4.69) is 61.1 Å². The Labute approximate surface area is 183 Å². The lowest BCUT2D eigenvalue weighted by Gasteiger charge is -2.27. The van der Waals surface area contributed by atoms with Gasteiger partial charge in [0.15, 0.2) is 5.96 Å². The molecular weight excluding hydrogens is 376 g/mol. The minimum atomic E-state index is 0.616. The van der Waals surface area contributed by atoms with E-state index in [0.717, 1.165) is 69.1 Å². The number of hydrogen-bond donors (Lipinski definition) is 1. The van der Waals surface area contributed by atoms with Crippen LogP contribution in [-0.2, 0) is 11.3 Å². The third-order valence-corrected chi connectivity index (χ3v) is 5.84. The van der Waals surface area contributed by atoms with E-state index in [1.807, 2.05) is 6.07 Å². The molecule has 1 aliphatic heterocycles. The first-order valence-corrected chi connectivity index (χ1v) is 11.7. The predicted molar refractivity (Wildman–Crippen MR) is 125 cm³/mol. The second kappa shape index (κ2) is 14.3. The van der Waals surface area contributed by atoms with Crippen molar-refractivity contribution in [3.8, 4) is 5.75 Å². The van der Waals surface area contributed by atoms with E-state index in [-0.39, 0.29) is 0 Å². The fourth-order valence-electron chi connectivity index (χ4n) is 3.75. The van der Waals surface area contributed by atoms with Crippen molar-refractivity contribution in [2.75, 3.05) is 59.6 Å². The summed E-state index contributed by atoms with van der Waals surface area (Å²) in [7, 11) is 2.13. The molecule has 6 nitrogen and oxygen atoms in total. The third kappa shape index (κ3) is 8.52. The molecule has 0 aromatic heterocycles. The summed E-state index contributed by atoms with van der Waals surface area (Å²) in [4.78, 5) is 9.53. The van der Waals surface area contributed by atoms with Crippen LogP contribution in [0.15, 0.2) is 29.3 Å². The zero-order valence-electron chi connectivity index (χ0n) is 19.5. The van der Waals surface area contributed by atoms with Gasteiger partial charge in [0.1, 0.15) is 12.4 Å². The molecule has 0 aliphatic carbocycles. The van der Waals surface area contributed by atoms with Gasteiger partial charge in [-0.05, 0) is 51.3 Å². The van der Waals surface area contributed by atoms with Gasteiger partial charge in [0.2, 0.25) is 0 Å². The largest absolute Gasteiger partial charge is 0.492 e. The third-order valence-electron chi connectivity index (χ3n) is 5.84. The van der Waals surface area contributed by atoms with Crippen LogP contribution in [0.1, 0.15) is 45.6 Å². The lowest BCUT2D eigenvalue weighted by molar-refractivity contribution is 0.0625. The first-order valence-electron chi connectivity index (χ1n) is 11.7. The highest BCUT2D eigenvalue weighted by Crippen LogP contribution is 2.20. The van der Waals surface area contributed by atoms with Crippen LogP contribution in [0, 0.1) is 5.92 Å². The minimum absolute atomic E-state index is 0.616. The molecule has 0 saturated carbocycles. The Bertz CT molecular complexity index is 613. The summed E-state index contributed by atoms with van der Waals surface area (Å²) in [5, 5.41) is 3.44. The maximum absolute atomic E-state index is 6.09. The van der Waals surface area contributed by atoms with Gasteiger partial charge in [0, 0.05) is 45.5 Å². The molecule has 0 spiro atoms. The van der Waals surface area contributed by atoms with Crippen LogP contribution in [0.25, 0.3) is 0 Å². The molecule has 1 N–H and O–H groups in total. The predicted octanol–water partition coefficient (Wildman–Crippen LogP) is 3.62. The number of hydrogen-bond acceptors (Lipinski definition) is 4. The molecule has 6 heteroatoms. The smallest absolute Gasteiger partial charge is 0.193 e. The van der Waals surface area contributed by atoms with Gasteiger partial charge in [0.25, 0.3) is 0 Å². The highest BCUT2D eigenvalue weighted by atomic mass is 16.5. The molecule has 1 aliphatic rings. The second-order valence-corrected chi connectivity index (χ2v) is 7.92. The van der Waals surface area contributed by atoms with Crippen LogP contribution in [-0.4, -0.2) is 75.4 Å². The van der Waals surface area contributed by atoms with Gasteiger partial charge in [-0.15, -0.1) is 0 Å². The van der Waals surface area contributed by atoms with Gasteiger partial charge in [-0.2, -0.15) is 0 Å². The molecule has 1 aromatic rings. The Kier molecular flexibility index (Phi) is 11.6. The van der Waals surface area contributed by atoms with Crippen LogP contribution in [0.5, 0.6) is 5.75 Å². The standard InChI is InChI=1S/C24H42N4O2/c1-5-25-24(27(4)15-12-21-13-17-29-18-14-21)26-20-22-10-8-9-11-23(22)30-19-16-28(6-2)7-3/h8-11,21H,5-7,12-20H2,1-4H3,(H,25,26). The molecule has 1 heterocycles. The molecule has 2 rings (SSSR count). The summed E-state index contributed by atoms with van der Waals surface area (Å²) >= 11 is 0. The number of rotatable bonds is 12. The Morgan fingerprint density at radius 2 is 1.87 bits per heavy atom. The SMILES string of the molecule is CCNC(=NCc1ccccc1OCCN(CC)CC)N(C)CCC1CCOCC1. The summed E-state index contributed by atoms with van der Waals surface area (Å²) < 4.78 is 11.6. The maximum Gasteiger partial charge on any atom is 0.193 e. The number of ether oxygens (including phenoxy) is 2. The monoisotopic (exact) mass is 418 g/mol. The summed E-state index contributed by atoms with van der Waals surface area (Å²) in [6.07, 6.45) is 3.55. The van der Waals surface area contributed by atoms with Crippen LogP contribution in [0.3, 0.4) is 0 Å². The summed E-state index contributed by atoms with van der Waals surface area (Å²) in [6, 6.07) is 8.26. The van der Waals surface area contributed by atoms with E-state index in [4.69, 9.17) is 14.5 Å². The number of para-hydroxylation sites is 1. The molecule has 0 unspecified atom stereocenters. The number of guanidine groups is 1. The van der Waals surface area contributed by atoms with Crippen molar-refractivity contribution in [1.29, 1.82) is 0 Å². The molecular formula is C24H42N4O2. The molecule has 0 bridgehead atoms. The zero-order valence-corrected chi connectivity index (χ0v) is 19.5. The highest BCUT2D eigenvalue weighted by Gasteiger charge is 2.15. The number of nitrogens with one attached hydrogen (secondary N) is 1. The molecule has 1 fully saturated rings. The number of benzene rings is 1. The van der Waals surface area contributed by atoms with E-state index in [9.17, 15) is 0 Å². The van der Waals surface area contributed by atoms with Gasteiger partial charge < -0.3 is 24.6 Å². The van der Waals surface area contributed by atoms with Crippen molar-refractivity contribution >= 4 is 5.96 Å². The summed E-state index contributed by atoms with van der Waals surface area (Å²) in [6.45, 7) is 14.6. The average molecular weight is 419 g/mol. The van der Waals surface area contributed by atoms with Crippen molar-refractivity contribution < 1.29 is 9.47 Å². The second-order valence-electron chi connectivity index (χ2n) is 7.92. The Morgan fingerprint density at radius 3 is 2.57 bits per heavy atom. The fraction of sp³-hybridized carbons (Fsp3) is 0.708. The normalized spacial score (nSPS) is 15.4. The van der Waals surface area contributed by atoms with Crippen LogP contribution in [0.4, 0.5) is 0 Å². The quantitative estimate of drug-likeness (QED) is 0.415. The van der Waals surface area contributed by atoms with Gasteiger partial charge in [-0.3, -0.25) is 0 Å². The topological polar surface area (TPSA) is 49.3 Å². The highest BCUT2D eigenvalue weighted by molar-refractivity contribution is 5.79. The Morgan fingerprint density at radius 1 is 1.13 bits per heavy atom. The maximum atomic E-state index is 6.09. The van der Waals surface area contributed by atoms with Gasteiger partial charge in [-0.1, -0.05) is 32.0 Å². The van der Waals surface area contributed by atoms with Crippen molar-refractivity contribution in [2.45, 2.75) is 46.6 Å². The molecule has 170 valence electrons.